The summed E-state index contributed by atoms with van der Waals surface area (Å²) in [6.07, 6.45) is 4.35. The van der Waals surface area contributed by atoms with Crippen molar-refractivity contribution in [1.82, 2.24) is 10.2 Å². The number of hydrogen-bond donors (Lipinski definition) is 3. The zero-order valence-electron chi connectivity index (χ0n) is 10.6. The molecular formula is C12H26N2O2. The van der Waals surface area contributed by atoms with Gasteiger partial charge in [-0.15, -0.1) is 0 Å². The highest BCUT2D eigenvalue weighted by Crippen LogP contribution is 2.36. The van der Waals surface area contributed by atoms with Gasteiger partial charge in [-0.05, 0) is 26.9 Å². The van der Waals surface area contributed by atoms with Gasteiger partial charge < -0.3 is 20.4 Å². The Morgan fingerprint density at radius 3 is 2.44 bits per heavy atom. The second kappa shape index (κ2) is 6.55. The quantitative estimate of drug-likeness (QED) is 0.578. The van der Waals surface area contributed by atoms with Crippen molar-refractivity contribution in [2.45, 2.75) is 31.8 Å². The molecule has 1 saturated carbocycles. The molecule has 0 radical (unpaired) electrons. The molecule has 1 fully saturated rings. The molecule has 0 heterocycles. The topological polar surface area (TPSA) is 55.7 Å². The van der Waals surface area contributed by atoms with E-state index < -0.39 is 0 Å². The zero-order valence-corrected chi connectivity index (χ0v) is 10.6. The van der Waals surface area contributed by atoms with Gasteiger partial charge in [-0.2, -0.15) is 0 Å². The van der Waals surface area contributed by atoms with Crippen molar-refractivity contribution in [1.29, 1.82) is 0 Å². The van der Waals surface area contributed by atoms with Gasteiger partial charge in [0.2, 0.25) is 0 Å². The Morgan fingerprint density at radius 1 is 1.31 bits per heavy atom. The van der Waals surface area contributed by atoms with Crippen LogP contribution in [-0.2, 0) is 0 Å². The molecule has 4 heteroatoms. The van der Waals surface area contributed by atoms with Crippen LogP contribution in [0.2, 0.25) is 0 Å². The van der Waals surface area contributed by atoms with Crippen LogP contribution in [0, 0.1) is 5.41 Å². The molecule has 0 aromatic carbocycles. The maximum absolute atomic E-state index is 9.68. The number of aliphatic hydroxyl groups is 2. The predicted octanol–water partition coefficient (Wildman–Crippen LogP) is 0.0512. The minimum Gasteiger partial charge on any atom is -0.396 e. The lowest BCUT2D eigenvalue weighted by molar-refractivity contribution is 0.107. The first kappa shape index (κ1) is 13.9. The Balaban J connectivity index is 2.18. The first-order chi connectivity index (χ1) is 7.58. The fourth-order valence-corrected chi connectivity index (χ4v) is 2.51. The van der Waals surface area contributed by atoms with Crippen LogP contribution in [0.5, 0.6) is 0 Å². The third-order valence-corrected chi connectivity index (χ3v) is 3.46. The highest BCUT2D eigenvalue weighted by Gasteiger charge is 2.32. The number of aliphatic hydroxyl groups excluding tert-OH is 2. The van der Waals surface area contributed by atoms with Crippen molar-refractivity contribution in [3.8, 4) is 0 Å². The van der Waals surface area contributed by atoms with Crippen LogP contribution in [0.1, 0.15) is 25.7 Å². The summed E-state index contributed by atoms with van der Waals surface area (Å²) >= 11 is 0. The third-order valence-electron chi connectivity index (χ3n) is 3.46. The molecule has 0 spiro atoms. The standard InChI is InChI=1S/C12H26N2O2/c1-14(2)8-11(16)7-13-9-12(10-15)5-3-4-6-12/h11,13,15-16H,3-10H2,1-2H3. The molecule has 4 nitrogen and oxygen atoms in total. The Hall–Kier alpha value is -0.160. The van der Waals surface area contributed by atoms with Crippen molar-refractivity contribution in [3.63, 3.8) is 0 Å². The fraction of sp³-hybridized carbons (Fsp3) is 1.00. The van der Waals surface area contributed by atoms with E-state index in [0.717, 1.165) is 19.4 Å². The lowest BCUT2D eigenvalue weighted by Crippen LogP contribution is -2.41. The summed E-state index contributed by atoms with van der Waals surface area (Å²) < 4.78 is 0. The number of nitrogens with zero attached hydrogens (tertiary/aromatic N) is 1. The van der Waals surface area contributed by atoms with E-state index in [0.29, 0.717) is 13.1 Å². The number of rotatable bonds is 7. The van der Waals surface area contributed by atoms with Crippen molar-refractivity contribution in [2.75, 3.05) is 40.3 Å². The van der Waals surface area contributed by atoms with E-state index in [1.54, 1.807) is 0 Å². The Morgan fingerprint density at radius 2 is 1.94 bits per heavy atom. The minimum atomic E-state index is -0.327. The number of likely N-dealkylation sites (N-methyl/N-ethyl adjacent to an activating group) is 1. The molecule has 16 heavy (non-hydrogen) atoms. The van der Waals surface area contributed by atoms with Crippen molar-refractivity contribution in [3.05, 3.63) is 0 Å². The highest BCUT2D eigenvalue weighted by atomic mass is 16.3. The Kier molecular flexibility index (Phi) is 5.69. The molecule has 1 unspecified atom stereocenters. The van der Waals surface area contributed by atoms with Gasteiger partial charge in [-0.25, -0.2) is 0 Å². The van der Waals surface area contributed by atoms with Gasteiger partial charge in [0.05, 0.1) is 6.10 Å². The summed E-state index contributed by atoms with van der Waals surface area (Å²) in [6.45, 7) is 2.39. The maximum atomic E-state index is 9.68. The van der Waals surface area contributed by atoms with E-state index in [2.05, 4.69) is 5.32 Å². The summed E-state index contributed by atoms with van der Waals surface area (Å²) in [5.74, 6) is 0. The second-order valence-electron chi connectivity index (χ2n) is 5.41. The Bertz CT molecular complexity index is 191. The van der Waals surface area contributed by atoms with Crippen LogP contribution in [0.15, 0.2) is 0 Å². The summed E-state index contributed by atoms with van der Waals surface area (Å²) in [5, 5.41) is 22.4. The molecule has 1 rings (SSSR count). The molecule has 0 aliphatic heterocycles. The summed E-state index contributed by atoms with van der Waals surface area (Å²) in [4.78, 5) is 1.98. The van der Waals surface area contributed by atoms with Crippen LogP contribution in [-0.4, -0.2) is 61.6 Å². The van der Waals surface area contributed by atoms with Crippen LogP contribution in [0.4, 0.5) is 0 Å². The first-order valence-electron chi connectivity index (χ1n) is 6.22. The van der Waals surface area contributed by atoms with Crippen LogP contribution in [0.3, 0.4) is 0 Å². The van der Waals surface area contributed by atoms with E-state index in [1.807, 2.05) is 19.0 Å². The molecule has 1 aliphatic carbocycles. The van der Waals surface area contributed by atoms with Crippen LogP contribution in [0.25, 0.3) is 0 Å². The molecular weight excluding hydrogens is 204 g/mol. The minimum absolute atomic E-state index is 0.0812. The molecule has 1 aliphatic rings. The SMILES string of the molecule is CN(C)CC(O)CNCC1(CO)CCCC1. The van der Waals surface area contributed by atoms with Gasteiger partial charge in [0, 0.05) is 31.7 Å². The largest absolute Gasteiger partial charge is 0.396 e. The van der Waals surface area contributed by atoms with E-state index in [1.165, 1.54) is 12.8 Å². The summed E-state index contributed by atoms with van der Waals surface area (Å²) in [6, 6.07) is 0. The average Bonchev–Trinajstić information content (AvgIpc) is 2.66. The van der Waals surface area contributed by atoms with Crippen LogP contribution >= 0.6 is 0 Å². The monoisotopic (exact) mass is 230 g/mol. The lowest BCUT2D eigenvalue weighted by atomic mass is 9.87. The molecule has 0 aromatic heterocycles. The lowest BCUT2D eigenvalue weighted by Gasteiger charge is -2.27. The second-order valence-corrected chi connectivity index (χ2v) is 5.41. The van der Waals surface area contributed by atoms with Gasteiger partial charge in [0.1, 0.15) is 0 Å². The van der Waals surface area contributed by atoms with E-state index in [4.69, 9.17) is 0 Å². The maximum Gasteiger partial charge on any atom is 0.0791 e. The molecule has 1 atom stereocenters. The summed E-state index contributed by atoms with van der Waals surface area (Å²) in [5.41, 5.74) is 0.0812. The molecule has 0 aromatic rings. The molecule has 96 valence electrons. The summed E-state index contributed by atoms with van der Waals surface area (Å²) in [7, 11) is 3.91. The Labute approximate surface area is 98.6 Å². The van der Waals surface area contributed by atoms with Gasteiger partial charge in [-0.3, -0.25) is 0 Å². The molecule has 0 bridgehead atoms. The highest BCUT2D eigenvalue weighted by molar-refractivity contribution is 4.86. The van der Waals surface area contributed by atoms with Crippen LogP contribution < -0.4 is 5.32 Å². The van der Waals surface area contributed by atoms with E-state index >= 15 is 0 Å². The zero-order chi connectivity index (χ0) is 12.0. The average molecular weight is 230 g/mol. The van der Waals surface area contributed by atoms with Crippen molar-refractivity contribution < 1.29 is 10.2 Å². The predicted molar refractivity (Wildman–Crippen MR) is 65.4 cm³/mol. The van der Waals surface area contributed by atoms with Gasteiger partial charge in [0.25, 0.3) is 0 Å². The third kappa shape index (κ3) is 4.37. The van der Waals surface area contributed by atoms with E-state index in [-0.39, 0.29) is 18.1 Å². The number of hydrogen-bond acceptors (Lipinski definition) is 4. The van der Waals surface area contributed by atoms with Crippen molar-refractivity contribution in [2.24, 2.45) is 5.41 Å². The number of nitrogens with one attached hydrogen (secondary N) is 1. The molecule has 3 N–H and O–H groups in total. The molecule has 0 saturated heterocycles. The fourth-order valence-electron chi connectivity index (χ4n) is 2.51. The smallest absolute Gasteiger partial charge is 0.0791 e. The first-order valence-corrected chi connectivity index (χ1v) is 6.22. The van der Waals surface area contributed by atoms with Gasteiger partial charge >= 0.3 is 0 Å². The van der Waals surface area contributed by atoms with Gasteiger partial charge in [-0.1, -0.05) is 12.8 Å². The van der Waals surface area contributed by atoms with E-state index in [9.17, 15) is 10.2 Å². The van der Waals surface area contributed by atoms with Gasteiger partial charge in [0.15, 0.2) is 0 Å². The van der Waals surface area contributed by atoms with Crippen molar-refractivity contribution >= 4 is 0 Å². The molecule has 0 amide bonds. The normalized spacial score (nSPS) is 21.6.